The van der Waals surface area contributed by atoms with E-state index in [0.29, 0.717) is 25.5 Å². The fourth-order valence-corrected chi connectivity index (χ4v) is 2.36. The Kier molecular flexibility index (Phi) is 6.36. The molecular weight excluding hydrogens is 286 g/mol. The number of carboxylic acids is 1. The van der Waals surface area contributed by atoms with Gasteiger partial charge in [0, 0.05) is 18.9 Å². The fourth-order valence-electron chi connectivity index (χ4n) is 2.36. The first-order valence-corrected chi connectivity index (χ1v) is 7.43. The second kappa shape index (κ2) is 8.51. The lowest BCUT2D eigenvalue weighted by molar-refractivity contribution is -0.137. The summed E-state index contributed by atoms with van der Waals surface area (Å²) >= 11 is 0. The highest BCUT2D eigenvalue weighted by molar-refractivity contribution is 5.97. The summed E-state index contributed by atoms with van der Waals surface area (Å²) in [6.07, 6.45) is 1.97. The van der Waals surface area contributed by atoms with Crippen molar-refractivity contribution in [3.05, 3.63) is 30.3 Å². The molecule has 1 aliphatic rings. The van der Waals surface area contributed by atoms with Crippen LogP contribution in [0, 0.1) is 0 Å². The largest absolute Gasteiger partial charge is 0.480 e. The van der Waals surface area contributed by atoms with Gasteiger partial charge in [0.05, 0.1) is 19.1 Å². The number of hydrogen-bond donors (Lipinski definition) is 1. The Morgan fingerprint density at radius 2 is 1.91 bits per heavy atom. The van der Waals surface area contributed by atoms with E-state index in [4.69, 9.17) is 14.6 Å². The molecule has 6 heteroatoms. The van der Waals surface area contributed by atoms with Gasteiger partial charge in [-0.3, -0.25) is 9.59 Å². The van der Waals surface area contributed by atoms with E-state index in [0.717, 1.165) is 12.8 Å². The van der Waals surface area contributed by atoms with Crippen molar-refractivity contribution in [2.75, 3.05) is 31.3 Å². The van der Waals surface area contributed by atoms with Gasteiger partial charge in [-0.1, -0.05) is 18.2 Å². The van der Waals surface area contributed by atoms with Crippen LogP contribution in [0.25, 0.3) is 0 Å². The number of hydrogen-bond acceptors (Lipinski definition) is 4. The third kappa shape index (κ3) is 5.13. The molecule has 120 valence electrons. The van der Waals surface area contributed by atoms with Gasteiger partial charge in [-0.25, -0.2) is 0 Å². The van der Waals surface area contributed by atoms with Crippen molar-refractivity contribution in [2.45, 2.75) is 25.4 Å². The summed E-state index contributed by atoms with van der Waals surface area (Å²) in [5, 5.41) is 8.98. The molecule has 0 bridgehead atoms. The van der Waals surface area contributed by atoms with Crippen LogP contribution in [-0.4, -0.2) is 49.5 Å². The standard InChI is InChI=1S/C16H21NO5/c18-15(8-11-22-14-6-9-21-10-7-14)17(12-16(19)20)13-4-2-1-3-5-13/h1-5,14H,6-12H2,(H,19,20). The van der Waals surface area contributed by atoms with Gasteiger partial charge in [-0.05, 0) is 25.0 Å². The predicted octanol–water partition coefficient (Wildman–Crippen LogP) is 1.69. The summed E-state index contributed by atoms with van der Waals surface area (Å²) in [6, 6.07) is 8.81. The molecule has 0 atom stereocenters. The van der Waals surface area contributed by atoms with Crippen molar-refractivity contribution < 1.29 is 24.2 Å². The second-order valence-electron chi connectivity index (χ2n) is 5.14. The molecule has 0 saturated carbocycles. The van der Waals surface area contributed by atoms with Crippen molar-refractivity contribution in [3.8, 4) is 0 Å². The fraction of sp³-hybridized carbons (Fsp3) is 0.500. The molecule has 1 heterocycles. The van der Waals surface area contributed by atoms with Gasteiger partial charge in [0.1, 0.15) is 6.54 Å². The smallest absolute Gasteiger partial charge is 0.323 e. The molecule has 22 heavy (non-hydrogen) atoms. The molecular formula is C16H21NO5. The first-order valence-electron chi connectivity index (χ1n) is 7.43. The lowest BCUT2D eigenvalue weighted by Crippen LogP contribution is -2.36. The number of ether oxygens (including phenoxy) is 2. The van der Waals surface area contributed by atoms with Crippen LogP contribution in [0.4, 0.5) is 5.69 Å². The summed E-state index contributed by atoms with van der Waals surface area (Å²) in [4.78, 5) is 24.5. The number of amides is 1. The number of nitrogens with zero attached hydrogens (tertiary/aromatic N) is 1. The van der Waals surface area contributed by atoms with Gasteiger partial charge in [-0.2, -0.15) is 0 Å². The third-order valence-electron chi connectivity index (χ3n) is 3.50. The Balaban J connectivity index is 1.87. The SMILES string of the molecule is O=C(O)CN(C(=O)CCOC1CCOCC1)c1ccccc1. The maximum atomic E-state index is 12.3. The predicted molar refractivity (Wildman–Crippen MR) is 80.8 cm³/mol. The van der Waals surface area contributed by atoms with Crippen molar-refractivity contribution in [3.63, 3.8) is 0 Å². The number of rotatable bonds is 7. The van der Waals surface area contributed by atoms with Crippen molar-refractivity contribution >= 4 is 17.6 Å². The van der Waals surface area contributed by atoms with Gasteiger partial charge in [0.15, 0.2) is 0 Å². The lowest BCUT2D eigenvalue weighted by atomic mass is 10.1. The van der Waals surface area contributed by atoms with Crippen LogP contribution in [-0.2, 0) is 19.1 Å². The first-order chi connectivity index (χ1) is 10.7. The van der Waals surface area contributed by atoms with Crippen LogP contribution in [0.3, 0.4) is 0 Å². The molecule has 0 aliphatic carbocycles. The maximum Gasteiger partial charge on any atom is 0.323 e. The minimum Gasteiger partial charge on any atom is -0.480 e. The van der Waals surface area contributed by atoms with Crippen molar-refractivity contribution in [1.29, 1.82) is 0 Å². The van der Waals surface area contributed by atoms with Gasteiger partial charge in [0.2, 0.25) is 5.91 Å². The molecule has 2 rings (SSSR count). The zero-order chi connectivity index (χ0) is 15.8. The van der Waals surface area contributed by atoms with E-state index in [2.05, 4.69) is 0 Å². The highest BCUT2D eigenvalue weighted by Crippen LogP contribution is 2.15. The normalized spacial score (nSPS) is 15.5. The zero-order valence-corrected chi connectivity index (χ0v) is 12.4. The Bertz CT molecular complexity index is 485. The molecule has 1 amide bonds. The van der Waals surface area contributed by atoms with Gasteiger partial charge in [-0.15, -0.1) is 0 Å². The van der Waals surface area contributed by atoms with E-state index in [9.17, 15) is 9.59 Å². The van der Waals surface area contributed by atoms with Crippen LogP contribution in [0.2, 0.25) is 0 Å². The molecule has 1 saturated heterocycles. The van der Waals surface area contributed by atoms with Crippen LogP contribution in [0.5, 0.6) is 0 Å². The minimum atomic E-state index is -1.04. The summed E-state index contributed by atoms with van der Waals surface area (Å²) < 4.78 is 10.9. The van der Waals surface area contributed by atoms with Crippen LogP contribution in [0.15, 0.2) is 30.3 Å². The number of carbonyl (C=O) groups excluding carboxylic acids is 1. The van der Waals surface area contributed by atoms with E-state index in [-0.39, 0.29) is 25.0 Å². The lowest BCUT2D eigenvalue weighted by Gasteiger charge is -2.24. The van der Waals surface area contributed by atoms with Crippen molar-refractivity contribution in [1.82, 2.24) is 0 Å². The Hall–Kier alpha value is -1.92. The van der Waals surface area contributed by atoms with E-state index in [1.54, 1.807) is 24.3 Å². The Morgan fingerprint density at radius 3 is 2.55 bits per heavy atom. The number of carboxylic acid groups (broad SMARTS) is 1. The van der Waals surface area contributed by atoms with E-state index < -0.39 is 5.97 Å². The molecule has 1 aliphatic heterocycles. The number of benzene rings is 1. The third-order valence-corrected chi connectivity index (χ3v) is 3.50. The zero-order valence-electron chi connectivity index (χ0n) is 12.4. The molecule has 0 spiro atoms. The summed E-state index contributed by atoms with van der Waals surface area (Å²) in [5.41, 5.74) is 0.584. The molecule has 1 N–H and O–H groups in total. The molecule has 0 radical (unpaired) electrons. The maximum absolute atomic E-state index is 12.3. The van der Waals surface area contributed by atoms with Crippen LogP contribution < -0.4 is 4.90 Å². The molecule has 6 nitrogen and oxygen atoms in total. The van der Waals surface area contributed by atoms with Crippen LogP contribution in [0.1, 0.15) is 19.3 Å². The summed E-state index contributed by atoms with van der Waals surface area (Å²) in [7, 11) is 0. The number of aliphatic carboxylic acids is 1. The van der Waals surface area contributed by atoms with Crippen LogP contribution >= 0.6 is 0 Å². The van der Waals surface area contributed by atoms with Gasteiger partial charge < -0.3 is 19.5 Å². The topological polar surface area (TPSA) is 76.1 Å². The van der Waals surface area contributed by atoms with Gasteiger partial charge in [0.25, 0.3) is 0 Å². The second-order valence-corrected chi connectivity index (χ2v) is 5.14. The average molecular weight is 307 g/mol. The molecule has 0 unspecified atom stereocenters. The van der Waals surface area contributed by atoms with Crippen molar-refractivity contribution in [2.24, 2.45) is 0 Å². The van der Waals surface area contributed by atoms with E-state index in [1.165, 1.54) is 4.90 Å². The Labute approximate surface area is 129 Å². The number of carbonyl (C=O) groups is 2. The Morgan fingerprint density at radius 1 is 1.23 bits per heavy atom. The van der Waals surface area contributed by atoms with Gasteiger partial charge >= 0.3 is 5.97 Å². The highest BCUT2D eigenvalue weighted by atomic mass is 16.5. The van der Waals surface area contributed by atoms with E-state index >= 15 is 0 Å². The quantitative estimate of drug-likeness (QED) is 0.829. The molecule has 1 fully saturated rings. The minimum absolute atomic E-state index is 0.131. The average Bonchev–Trinajstić information content (AvgIpc) is 2.54. The molecule has 0 aromatic heterocycles. The summed E-state index contributed by atoms with van der Waals surface area (Å²) in [6.45, 7) is 1.33. The molecule has 1 aromatic carbocycles. The van der Waals surface area contributed by atoms with E-state index in [1.807, 2.05) is 6.07 Å². The summed E-state index contributed by atoms with van der Waals surface area (Å²) in [5.74, 6) is -1.29. The number of anilines is 1. The highest BCUT2D eigenvalue weighted by Gasteiger charge is 2.20. The monoisotopic (exact) mass is 307 g/mol. The number of para-hydroxylation sites is 1. The molecule has 1 aromatic rings. The first kappa shape index (κ1) is 16.5.